The van der Waals surface area contributed by atoms with E-state index in [9.17, 15) is 14.7 Å². The molecular weight excluding hydrogens is 478 g/mol. The fourth-order valence-electron chi connectivity index (χ4n) is 3.37. The van der Waals surface area contributed by atoms with Crippen molar-refractivity contribution in [3.63, 3.8) is 0 Å². The number of esters is 1. The van der Waals surface area contributed by atoms with Crippen LogP contribution in [0, 0.1) is 0 Å². The van der Waals surface area contributed by atoms with Crippen LogP contribution in [0.2, 0.25) is 5.15 Å². The number of carbonyl (C=O) groups is 2. The lowest BCUT2D eigenvalue weighted by Gasteiger charge is -2.19. The first-order chi connectivity index (χ1) is 16.1. The zero-order chi connectivity index (χ0) is 24.5. The molecule has 2 N–H and O–H groups in total. The number of nitrogens with zero attached hydrogens (tertiary/aromatic N) is 4. The number of nitrogens with one attached hydrogen (secondary N) is 1. The molecule has 0 spiro atoms. The highest BCUT2D eigenvalue weighted by Crippen LogP contribution is 2.34. The minimum absolute atomic E-state index is 0.242. The summed E-state index contributed by atoms with van der Waals surface area (Å²) in [7, 11) is 0. The number of ether oxygens (including phenoxy) is 1. The van der Waals surface area contributed by atoms with E-state index in [0.29, 0.717) is 47.0 Å². The summed E-state index contributed by atoms with van der Waals surface area (Å²) in [6.45, 7) is 6.23. The number of pyridine rings is 1. The second-order valence-electron chi connectivity index (χ2n) is 8.86. The number of halogens is 1. The number of anilines is 2. The SMILES string of the molecule is CC(C)(C)OC(=O)c1ccc(Nc2cc(Cl)ncc2-c2nnc(C(=O)N3CCC(O)C3)s2)cc1. The molecule has 11 heteroatoms. The number of benzene rings is 1. The Balaban J connectivity index is 1.54. The van der Waals surface area contributed by atoms with E-state index in [0.717, 1.165) is 11.3 Å². The van der Waals surface area contributed by atoms with Crippen molar-refractivity contribution in [2.24, 2.45) is 0 Å². The van der Waals surface area contributed by atoms with Gasteiger partial charge in [-0.25, -0.2) is 9.78 Å². The van der Waals surface area contributed by atoms with Gasteiger partial charge in [-0.3, -0.25) is 4.79 Å². The highest BCUT2D eigenvalue weighted by molar-refractivity contribution is 7.16. The second kappa shape index (κ2) is 9.65. The Morgan fingerprint density at radius 3 is 2.62 bits per heavy atom. The van der Waals surface area contributed by atoms with E-state index in [4.69, 9.17) is 16.3 Å². The first-order valence-electron chi connectivity index (χ1n) is 10.7. The smallest absolute Gasteiger partial charge is 0.338 e. The molecule has 4 rings (SSSR count). The maximum absolute atomic E-state index is 12.7. The van der Waals surface area contributed by atoms with Gasteiger partial charge in [-0.15, -0.1) is 10.2 Å². The van der Waals surface area contributed by atoms with Crippen LogP contribution in [0.1, 0.15) is 47.4 Å². The Hall–Kier alpha value is -3.08. The van der Waals surface area contributed by atoms with Gasteiger partial charge in [0.25, 0.3) is 5.91 Å². The molecule has 3 heterocycles. The molecule has 1 aliphatic rings. The van der Waals surface area contributed by atoms with Crippen molar-refractivity contribution in [1.29, 1.82) is 0 Å². The number of aliphatic hydroxyl groups excluding tert-OH is 1. The van der Waals surface area contributed by atoms with Gasteiger partial charge in [0.15, 0.2) is 5.01 Å². The molecule has 1 atom stereocenters. The Morgan fingerprint density at radius 2 is 1.97 bits per heavy atom. The molecule has 1 unspecified atom stereocenters. The number of rotatable bonds is 5. The summed E-state index contributed by atoms with van der Waals surface area (Å²) in [5.41, 5.74) is 1.82. The lowest BCUT2D eigenvalue weighted by molar-refractivity contribution is 0.00694. The third-order valence-electron chi connectivity index (χ3n) is 4.96. The van der Waals surface area contributed by atoms with Gasteiger partial charge in [0, 0.05) is 25.0 Å². The predicted molar refractivity (Wildman–Crippen MR) is 130 cm³/mol. The number of amides is 1. The average Bonchev–Trinajstić information content (AvgIpc) is 3.42. The summed E-state index contributed by atoms with van der Waals surface area (Å²) in [5, 5.41) is 22.2. The zero-order valence-corrected chi connectivity index (χ0v) is 20.5. The molecule has 9 nitrogen and oxygen atoms in total. The van der Waals surface area contributed by atoms with E-state index >= 15 is 0 Å². The average molecular weight is 502 g/mol. The number of hydrogen-bond acceptors (Lipinski definition) is 9. The van der Waals surface area contributed by atoms with Crippen molar-refractivity contribution >= 4 is 46.2 Å². The molecule has 1 amide bonds. The van der Waals surface area contributed by atoms with Crippen molar-refractivity contribution in [1.82, 2.24) is 20.1 Å². The van der Waals surface area contributed by atoms with E-state index in [2.05, 4.69) is 20.5 Å². The molecule has 1 saturated heterocycles. The van der Waals surface area contributed by atoms with E-state index in [-0.39, 0.29) is 16.1 Å². The number of carbonyl (C=O) groups excluding carboxylic acids is 2. The van der Waals surface area contributed by atoms with Crippen LogP contribution in [-0.4, -0.2) is 61.9 Å². The molecule has 34 heavy (non-hydrogen) atoms. The minimum atomic E-state index is -0.576. The zero-order valence-electron chi connectivity index (χ0n) is 18.9. The van der Waals surface area contributed by atoms with Gasteiger partial charge in [-0.2, -0.15) is 0 Å². The quantitative estimate of drug-likeness (QED) is 0.395. The molecular formula is C23H24ClN5O4S. The number of hydrogen-bond donors (Lipinski definition) is 2. The summed E-state index contributed by atoms with van der Waals surface area (Å²) in [4.78, 5) is 30.6. The van der Waals surface area contributed by atoms with E-state index in [1.165, 1.54) is 0 Å². The third kappa shape index (κ3) is 5.69. The summed E-state index contributed by atoms with van der Waals surface area (Å²) >= 11 is 7.27. The Morgan fingerprint density at radius 1 is 1.24 bits per heavy atom. The molecule has 0 radical (unpaired) electrons. The monoisotopic (exact) mass is 501 g/mol. The topological polar surface area (TPSA) is 118 Å². The standard InChI is InChI=1S/C23H24ClN5O4S/c1-23(2,3)33-22(32)13-4-6-14(7-5-13)26-17-10-18(24)25-11-16(17)19-27-28-20(34-19)21(31)29-9-8-15(30)12-29/h4-7,10-11,15,30H,8-9,12H2,1-3H3,(H,25,26). The number of aliphatic hydroxyl groups is 1. The van der Waals surface area contributed by atoms with E-state index in [1.54, 1.807) is 41.4 Å². The highest BCUT2D eigenvalue weighted by atomic mass is 35.5. The lowest BCUT2D eigenvalue weighted by atomic mass is 10.1. The molecule has 178 valence electrons. The van der Waals surface area contributed by atoms with Gasteiger partial charge in [0.1, 0.15) is 10.8 Å². The summed E-state index contributed by atoms with van der Waals surface area (Å²) < 4.78 is 5.40. The molecule has 1 aromatic carbocycles. The summed E-state index contributed by atoms with van der Waals surface area (Å²) in [6.07, 6.45) is 1.61. The fourth-order valence-corrected chi connectivity index (χ4v) is 4.36. The van der Waals surface area contributed by atoms with Crippen molar-refractivity contribution < 1.29 is 19.4 Å². The maximum atomic E-state index is 12.7. The largest absolute Gasteiger partial charge is 0.456 e. The predicted octanol–water partition coefficient (Wildman–Crippen LogP) is 4.16. The van der Waals surface area contributed by atoms with Crippen LogP contribution < -0.4 is 5.32 Å². The Labute approximate surface area is 205 Å². The molecule has 1 aliphatic heterocycles. The third-order valence-corrected chi connectivity index (χ3v) is 6.11. The normalized spacial score (nSPS) is 15.9. The van der Waals surface area contributed by atoms with Crippen molar-refractivity contribution in [2.45, 2.75) is 38.9 Å². The van der Waals surface area contributed by atoms with E-state index < -0.39 is 17.7 Å². The summed E-state index contributed by atoms with van der Waals surface area (Å²) in [6, 6.07) is 8.50. The molecule has 0 bridgehead atoms. The van der Waals surface area contributed by atoms with Gasteiger partial charge in [0.05, 0.1) is 22.9 Å². The molecule has 0 saturated carbocycles. The highest BCUT2D eigenvalue weighted by Gasteiger charge is 2.28. The second-order valence-corrected chi connectivity index (χ2v) is 10.2. The van der Waals surface area contributed by atoms with Crippen LogP contribution in [0.25, 0.3) is 10.6 Å². The van der Waals surface area contributed by atoms with Crippen LogP contribution >= 0.6 is 22.9 Å². The Kier molecular flexibility index (Phi) is 6.83. The van der Waals surface area contributed by atoms with Gasteiger partial charge in [-0.05, 0) is 57.5 Å². The molecule has 3 aromatic rings. The number of likely N-dealkylation sites (tertiary alicyclic amines) is 1. The number of aromatic nitrogens is 3. The van der Waals surface area contributed by atoms with Crippen LogP contribution in [-0.2, 0) is 4.74 Å². The van der Waals surface area contributed by atoms with Crippen molar-refractivity contribution in [2.75, 3.05) is 18.4 Å². The van der Waals surface area contributed by atoms with Crippen molar-refractivity contribution in [3.05, 3.63) is 52.3 Å². The van der Waals surface area contributed by atoms with Crippen molar-refractivity contribution in [3.8, 4) is 10.6 Å². The molecule has 0 aliphatic carbocycles. The first-order valence-corrected chi connectivity index (χ1v) is 11.9. The van der Waals surface area contributed by atoms with Crippen LogP contribution in [0.5, 0.6) is 0 Å². The van der Waals surface area contributed by atoms with Crippen LogP contribution in [0.3, 0.4) is 0 Å². The Bertz CT molecular complexity index is 1210. The van der Waals surface area contributed by atoms with E-state index in [1.807, 2.05) is 20.8 Å². The molecule has 1 fully saturated rings. The maximum Gasteiger partial charge on any atom is 0.338 e. The lowest BCUT2D eigenvalue weighted by Crippen LogP contribution is -2.29. The fraction of sp³-hybridized carbons (Fsp3) is 0.348. The van der Waals surface area contributed by atoms with Crippen LogP contribution in [0.15, 0.2) is 36.5 Å². The van der Waals surface area contributed by atoms with Gasteiger partial charge >= 0.3 is 5.97 Å². The minimum Gasteiger partial charge on any atom is -0.456 e. The van der Waals surface area contributed by atoms with Gasteiger partial charge in [-0.1, -0.05) is 22.9 Å². The van der Waals surface area contributed by atoms with Gasteiger partial charge in [0.2, 0.25) is 5.01 Å². The van der Waals surface area contributed by atoms with Gasteiger partial charge < -0.3 is 20.1 Å². The first kappa shape index (κ1) is 24.1. The molecule has 2 aromatic heterocycles. The number of β-amino-alcohol motifs (C(OH)–C–C–N with tert-alkyl or cyclic N) is 1. The van der Waals surface area contributed by atoms with Crippen LogP contribution in [0.4, 0.5) is 11.4 Å². The summed E-state index contributed by atoms with van der Waals surface area (Å²) in [5.74, 6) is -0.655.